The monoisotopic (exact) mass is 434 g/mol. The van der Waals surface area contributed by atoms with Crippen LogP contribution in [0.1, 0.15) is 37.7 Å². The number of carbonyl (C=O) groups excluding carboxylic acids is 1. The number of sulfone groups is 1. The third kappa shape index (κ3) is 5.38. The van der Waals surface area contributed by atoms with E-state index < -0.39 is 9.84 Å². The van der Waals surface area contributed by atoms with Crippen molar-refractivity contribution in [1.82, 2.24) is 5.32 Å². The Hall–Kier alpha value is -1.89. The van der Waals surface area contributed by atoms with E-state index >= 15 is 0 Å². The summed E-state index contributed by atoms with van der Waals surface area (Å²) in [7, 11) is -3.46. The zero-order valence-corrected chi connectivity index (χ0v) is 17.8. The van der Waals surface area contributed by atoms with Gasteiger partial charge < -0.3 is 10.6 Å². The minimum absolute atomic E-state index is 0. The number of hydrogen-bond donors (Lipinski definition) is 2. The fraction of sp³-hybridized carbons (Fsp3) is 0.409. The summed E-state index contributed by atoms with van der Waals surface area (Å²) in [6, 6.07) is 16.7. The van der Waals surface area contributed by atoms with Gasteiger partial charge in [-0.3, -0.25) is 4.79 Å². The molecule has 0 aromatic heterocycles. The van der Waals surface area contributed by atoms with Crippen LogP contribution in [0.5, 0.6) is 0 Å². The zero-order valence-electron chi connectivity index (χ0n) is 16.2. The van der Waals surface area contributed by atoms with Crippen LogP contribution in [0.15, 0.2) is 59.5 Å². The SMILES string of the molecule is Cl.O=C(CC1CC2CCC(C1)N2)Nc1ccccc1CS(=O)(=O)c1ccccc1. The summed E-state index contributed by atoms with van der Waals surface area (Å²) in [6.45, 7) is 0. The molecule has 2 aromatic carbocycles. The van der Waals surface area contributed by atoms with Crippen molar-refractivity contribution >= 4 is 33.8 Å². The lowest BCUT2D eigenvalue weighted by atomic mass is 9.89. The van der Waals surface area contributed by atoms with Crippen LogP contribution in [0.2, 0.25) is 0 Å². The van der Waals surface area contributed by atoms with Crippen molar-refractivity contribution in [2.75, 3.05) is 5.32 Å². The lowest BCUT2D eigenvalue weighted by Gasteiger charge is -2.28. The van der Waals surface area contributed by atoms with Crippen LogP contribution < -0.4 is 10.6 Å². The number of amides is 1. The Kier molecular flexibility index (Phi) is 6.98. The molecule has 2 aliphatic rings. The highest BCUT2D eigenvalue weighted by Gasteiger charge is 2.34. The first-order valence-electron chi connectivity index (χ1n) is 9.91. The highest BCUT2D eigenvalue weighted by atomic mass is 35.5. The summed E-state index contributed by atoms with van der Waals surface area (Å²) in [6.07, 6.45) is 5.02. The molecule has 29 heavy (non-hydrogen) atoms. The van der Waals surface area contributed by atoms with Crippen molar-refractivity contribution in [2.24, 2.45) is 5.92 Å². The molecule has 0 radical (unpaired) electrons. The van der Waals surface area contributed by atoms with Crippen molar-refractivity contribution in [3.05, 3.63) is 60.2 Å². The number of para-hydroxylation sites is 1. The highest BCUT2D eigenvalue weighted by molar-refractivity contribution is 7.90. The number of rotatable bonds is 6. The predicted octanol–water partition coefficient (Wildman–Crippen LogP) is 3.94. The van der Waals surface area contributed by atoms with Crippen LogP contribution in [0, 0.1) is 5.92 Å². The van der Waals surface area contributed by atoms with Crippen LogP contribution in [0.25, 0.3) is 0 Å². The van der Waals surface area contributed by atoms with E-state index in [0.29, 0.717) is 40.6 Å². The van der Waals surface area contributed by atoms with E-state index in [1.807, 2.05) is 6.07 Å². The lowest BCUT2D eigenvalue weighted by Crippen LogP contribution is -2.39. The number of piperidine rings is 1. The fourth-order valence-electron chi connectivity index (χ4n) is 4.49. The van der Waals surface area contributed by atoms with Gasteiger partial charge in [-0.15, -0.1) is 12.4 Å². The zero-order chi connectivity index (χ0) is 19.6. The third-order valence-electron chi connectivity index (χ3n) is 5.78. The molecule has 2 aromatic rings. The van der Waals surface area contributed by atoms with Gasteiger partial charge in [0.2, 0.25) is 5.91 Å². The molecule has 0 saturated carbocycles. The Morgan fingerprint density at radius 1 is 0.966 bits per heavy atom. The first-order chi connectivity index (χ1) is 13.5. The first-order valence-corrected chi connectivity index (χ1v) is 11.6. The molecule has 2 heterocycles. The number of hydrogen-bond acceptors (Lipinski definition) is 4. The summed E-state index contributed by atoms with van der Waals surface area (Å²) >= 11 is 0. The van der Waals surface area contributed by atoms with Gasteiger partial charge >= 0.3 is 0 Å². The minimum atomic E-state index is -3.46. The lowest BCUT2D eigenvalue weighted by molar-refractivity contribution is -0.117. The van der Waals surface area contributed by atoms with Gasteiger partial charge in [0, 0.05) is 24.2 Å². The average Bonchev–Trinajstić information content (AvgIpc) is 3.02. The molecule has 0 spiro atoms. The van der Waals surface area contributed by atoms with Gasteiger partial charge in [-0.05, 0) is 55.4 Å². The Labute approximate surface area is 178 Å². The second-order valence-corrected chi connectivity index (χ2v) is 9.95. The smallest absolute Gasteiger partial charge is 0.224 e. The highest BCUT2D eigenvalue weighted by Crippen LogP contribution is 2.33. The predicted molar refractivity (Wildman–Crippen MR) is 117 cm³/mol. The molecule has 2 atom stereocenters. The van der Waals surface area contributed by atoms with Crippen molar-refractivity contribution in [3.8, 4) is 0 Å². The van der Waals surface area contributed by atoms with Crippen LogP contribution in [0.3, 0.4) is 0 Å². The molecule has 2 saturated heterocycles. The van der Waals surface area contributed by atoms with E-state index in [9.17, 15) is 13.2 Å². The number of halogens is 1. The number of nitrogens with one attached hydrogen (secondary N) is 2. The molecule has 4 rings (SSSR count). The summed E-state index contributed by atoms with van der Waals surface area (Å²) < 4.78 is 25.4. The molecule has 5 nitrogen and oxygen atoms in total. The summed E-state index contributed by atoms with van der Waals surface area (Å²) in [5.41, 5.74) is 1.20. The maximum absolute atomic E-state index is 12.7. The van der Waals surface area contributed by atoms with Crippen LogP contribution >= 0.6 is 12.4 Å². The maximum atomic E-state index is 12.7. The minimum Gasteiger partial charge on any atom is -0.326 e. The van der Waals surface area contributed by atoms with Crippen molar-refractivity contribution in [1.29, 1.82) is 0 Å². The van der Waals surface area contributed by atoms with Crippen LogP contribution in [-0.4, -0.2) is 26.4 Å². The number of carbonyl (C=O) groups is 1. The standard InChI is InChI=1S/C22H26N2O3S.ClH/c25-22(14-16-12-18-10-11-19(13-16)23-18)24-21-9-5-4-6-17(21)15-28(26,27)20-7-2-1-3-8-20;/h1-9,16,18-19,23H,10-15H2,(H,24,25);1H. The van der Waals surface area contributed by atoms with Gasteiger partial charge in [-0.2, -0.15) is 0 Å². The molecule has 2 N–H and O–H groups in total. The van der Waals surface area contributed by atoms with Crippen LogP contribution in [-0.2, 0) is 20.4 Å². The normalized spacial score (nSPS) is 23.2. The van der Waals surface area contributed by atoms with E-state index in [0.717, 1.165) is 12.8 Å². The van der Waals surface area contributed by atoms with Gasteiger partial charge in [0.15, 0.2) is 9.84 Å². The Morgan fingerprint density at radius 3 is 2.28 bits per heavy atom. The van der Waals surface area contributed by atoms with E-state index in [4.69, 9.17) is 0 Å². The van der Waals surface area contributed by atoms with Gasteiger partial charge in [-0.1, -0.05) is 36.4 Å². The molecule has 1 amide bonds. The second kappa shape index (κ2) is 9.28. The Balaban J connectivity index is 0.00000240. The first kappa shape index (κ1) is 21.8. The maximum Gasteiger partial charge on any atom is 0.224 e. The van der Waals surface area contributed by atoms with Crippen LogP contribution in [0.4, 0.5) is 5.69 Å². The summed E-state index contributed by atoms with van der Waals surface area (Å²) in [5.74, 6) is 0.236. The topological polar surface area (TPSA) is 75.3 Å². The third-order valence-corrected chi connectivity index (χ3v) is 7.47. The van der Waals surface area contributed by atoms with Gasteiger partial charge in [0.05, 0.1) is 10.6 Å². The van der Waals surface area contributed by atoms with E-state index in [1.54, 1.807) is 48.5 Å². The molecule has 0 aliphatic carbocycles. The number of fused-ring (bicyclic) bond motifs is 2. The van der Waals surface area contributed by atoms with Gasteiger partial charge in [0.25, 0.3) is 0 Å². The van der Waals surface area contributed by atoms with E-state index in [2.05, 4.69) is 10.6 Å². The molecular weight excluding hydrogens is 408 g/mol. The molecular formula is C22H27ClN2O3S. The summed E-state index contributed by atoms with van der Waals surface area (Å²) in [4.78, 5) is 12.9. The Morgan fingerprint density at radius 2 is 1.59 bits per heavy atom. The summed E-state index contributed by atoms with van der Waals surface area (Å²) in [5, 5.41) is 6.55. The average molecular weight is 435 g/mol. The second-order valence-electron chi connectivity index (χ2n) is 7.96. The van der Waals surface area contributed by atoms with Crippen molar-refractivity contribution in [2.45, 2.75) is 54.8 Å². The molecule has 2 bridgehead atoms. The quantitative estimate of drug-likeness (QED) is 0.722. The van der Waals surface area contributed by atoms with Gasteiger partial charge in [0.1, 0.15) is 0 Å². The van der Waals surface area contributed by atoms with E-state index in [-0.39, 0.29) is 24.1 Å². The largest absolute Gasteiger partial charge is 0.326 e. The van der Waals surface area contributed by atoms with Crippen molar-refractivity contribution < 1.29 is 13.2 Å². The Bertz CT molecular complexity index is 938. The molecule has 2 unspecified atom stereocenters. The van der Waals surface area contributed by atoms with E-state index in [1.165, 1.54) is 12.8 Å². The number of benzene rings is 2. The van der Waals surface area contributed by atoms with Gasteiger partial charge in [-0.25, -0.2) is 8.42 Å². The van der Waals surface area contributed by atoms with Crippen molar-refractivity contribution in [3.63, 3.8) is 0 Å². The number of anilines is 1. The fourth-order valence-corrected chi connectivity index (χ4v) is 5.89. The molecule has 2 aliphatic heterocycles. The molecule has 7 heteroatoms. The molecule has 156 valence electrons. The molecule has 2 fully saturated rings.